The maximum atomic E-state index is 13.2. The Bertz CT molecular complexity index is 855. The minimum atomic E-state index is -1.26. The normalized spacial score (nSPS) is 15.2. The van der Waals surface area contributed by atoms with Crippen LogP contribution in [0.4, 0.5) is 0 Å². The summed E-state index contributed by atoms with van der Waals surface area (Å²) >= 11 is 5.52. The monoisotopic (exact) mass is 528 g/mol. The summed E-state index contributed by atoms with van der Waals surface area (Å²) in [6.07, 6.45) is 2.97. The van der Waals surface area contributed by atoms with E-state index in [1.54, 1.807) is 30.8 Å². The van der Waals surface area contributed by atoms with Crippen molar-refractivity contribution in [3.05, 3.63) is 29.8 Å². The molecule has 0 aliphatic heterocycles. The second kappa shape index (κ2) is 15.5. The van der Waals surface area contributed by atoms with Gasteiger partial charge in [-0.3, -0.25) is 14.4 Å². The van der Waals surface area contributed by atoms with Gasteiger partial charge in [-0.1, -0.05) is 32.4 Å². The molecule has 0 bridgehead atoms. The molecule has 0 spiro atoms. The Kier molecular flexibility index (Phi) is 13.6. The molecular formula is C23H36N4O6S2. The van der Waals surface area contributed by atoms with Gasteiger partial charge in [0.2, 0.25) is 17.7 Å². The number of aliphatic carboxylic acids is 1. The van der Waals surface area contributed by atoms with E-state index in [1.165, 1.54) is 12.1 Å². The Hall–Kier alpha value is -2.44. The maximum Gasteiger partial charge on any atom is 0.327 e. The van der Waals surface area contributed by atoms with Crippen molar-refractivity contribution in [3.8, 4) is 5.75 Å². The van der Waals surface area contributed by atoms with E-state index in [-0.39, 0.29) is 23.8 Å². The number of hydrogen-bond donors (Lipinski definition) is 7. The molecule has 0 aromatic heterocycles. The molecule has 1 rings (SSSR count). The topological polar surface area (TPSA) is 171 Å². The van der Waals surface area contributed by atoms with Crippen molar-refractivity contribution in [1.29, 1.82) is 0 Å². The van der Waals surface area contributed by atoms with Crippen LogP contribution in [-0.2, 0) is 25.6 Å². The molecular weight excluding hydrogens is 492 g/mol. The Labute approximate surface area is 215 Å². The molecule has 196 valence electrons. The molecule has 0 heterocycles. The highest BCUT2D eigenvalue weighted by molar-refractivity contribution is 7.98. The average molecular weight is 529 g/mol. The van der Waals surface area contributed by atoms with Crippen LogP contribution in [-0.4, -0.2) is 75.8 Å². The van der Waals surface area contributed by atoms with Crippen LogP contribution in [0.2, 0.25) is 0 Å². The van der Waals surface area contributed by atoms with Crippen molar-refractivity contribution >= 4 is 48.1 Å². The fraction of sp³-hybridized carbons (Fsp3) is 0.565. The molecule has 7 N–H and O–H groups in total. The van der Waals surface area contributed by atoms with Crippen LogP contribution in [0.25, 0.3) is 0 Å². The van der Waals surface area contributed by atoms with Gasteiger partial charge in [-0.05, 0) is 42.0 Å². The summed E-state index contributed by atoms with van der Waals surface area (Å²) in [4.78, 5) is 50.1. The molecule has 5 atom stereocenters. The second-order valence-corrected chi connectivity index (χ2v) is 9.62. The van der Waals surface area contributed by atoms with Crippen molar-refractivity contribution in [2.75, 3.05) is 17.8 Å². The number of carboxylic acids is 1. The van der Waals surface area contributed by atoms with E-state index in [2.05, 4.69) is 28.6 Å². The number of carbonyl (C=O) groups excluding carboxylic acids is 3. The molecule has 0 radical (unpaired) electrons. The highest BCUT2D eigenvalue weighted by atomic mass is 32.2. The number of carbonyl (C=O) groups is 4. The highest BCUT2D eigenvalue weighted by Crippen LogP contribution is 2.13. The van der Waals surface area contributed by atoms with Crippen LogP contribution >= 0.6 is 24.4 Å². The zero-order valence-corrected chi connectivity index (χ0v) is 21.9. The number of phenolic OH excluding ortho intramolecular Hbond substituents is 1. The van der Waals surface area contributed by atoms with E-state index < -0.39 is 47.9 Å². The van der Waals surface area contributed by atoms with Crippen molar-refractivity contribution < 1.29 is 29.4 Å². The fourth-order valence-corrected chi connectivity index (χ4v) is 3.87. The first kappa shape index (κ1) is 30.6. The van der Waals surface area contributed by atoms with Crippen LogP contribution in [0.1, 0.15) is 32.3 Å². The molecule has 0 saturated heterocycles. The summed E-state index contributed by atoms with van der Waals surface area (Å²) in [5.74, 6) is -2.67. The smallest absolute Gasteiger partial charge is 0.327 e. The van der Waals surface area contributed by atoms with Crippen LogP contribution in [0, 0.1) is 5.92 Å². The molecule has 0 aliphatic rings. The van der Waals surface area contributed by atoms with E-state index >= 15 is 0 Å². The van der Waals surface area contributed by atoms with Gasteiger partial charge < -0.3 is 31.9 Å². The number of carboxylic acid groups (broad SMARTS) is 1. The van der Waals surface area contributed by atoms with Crippen LogP contribution in [0.5, 0.6) is 5.75 Å². The van der Waals surface area contributed by atoms with E-state index in [4.69, 9.17) is 5.73 Å². The Morgan fingerprint density at radius 3 is 2.14 bits per heavy atom. The molecule has 35 heavy (non-hydrogen) atoms. The number of thioether (sulfide) groups is 1. The van der Waals surface area contributed by atoms with E-state index in [9.17, 15) is 29.4 Å². The quantitative estimate of drug-likeness (QED) is 0.162. The van der Waals surface area contributed by atoms with Crippen molar-refractivity contribution in [3.63, 3.8) is 0 Å². The number of thiol groups is 1. The van der Waals surface area contributed by atoms with Crippen molar-refractivity contribution in [1.82, 2.24) is 16.0 Å². The summed E-state index contributed by atoms with van der Waals surface area (Å²) in [5.41, 5.74) is 6.58. The van der Waals surface area contributed by atoms with E-state index in [0.29, 0.717) is 24.2 Å². The van der Waals surface area contributed by atoms with Crippen molar-refractivity contribution in [2.24, 2.45) is 11.7 Å². The number of benzene rings is 1. The lowest BCUT2D eigenvalue weighted by atomic mass is 9.96. The number of hydrogen-bond acceptors (Lipinski definition) is 8. The second-order valence-electron chi connectivity index (χ2n) is 8.27. The highest BCUT2D eigenvalue weighted by Gasteiger charge is 2.32. The Morgan fingerprint density at radius 2 is 1.63 bits per heavy atom. The summed E-state index contributed by atoms with van der Waals surface area (Å²) in [5, 5.41) is 26.5. The van der Waals surface area contributed by atoms with E-state index in [1.807, 2.05) is 13.2 Å². The van der Waals surface area contributed by atoms with Crippen molar-refractivity contribution in [2.45, 2.75) is 57.3 Å². The predicted octanol–water partition coefficient (Wildman–Crippen LogP) is 0.530. The third-order valence-electron chi connectivity index (χ3n) is 5.57. The third kappa shape index (κ3) is 10.4. The van der Waals surface area contributed by atoms with Crippen LogP contribution in [0.15, 0.2) is 24.3 Å². The van der Waals surface area contributed by atoms with Gasteiger partial charge in [-0.25, -0.2) is 4.79 Å². The molecule has 5 unspecified atom stereocenters. The summed E-state index contributed by atoms with van der Waals surface area (Å²) < 4.78 is 0. The average Bonchev–Trinajstić information content (AvgIpc) is 2.83. The number of nitrogens with two attached hydrogens (primary N) is 1. The third-order valence-corrected chi connectivity index (χ3v) is 6.58. The predicted molar refractivity (Wildman–Crippen MR) is 140 cm³/mol. The number of rotatable bonds is 15. The summed E-state index contributed by atoms with van der Waals surface area (Å²) in [6, 6.07) is 1.97. The Morgan fingerprint density at radius 1 is 1.03 bits per heavy atom. The SMILES string of the molecule is CCC(C)C(NC(=O)C(N)CCSC)C(=O)NC(Cc1ccc(O)cc1)C(=O)NC(CS)C(=O)O. The number of aromatic hydroxyl groups is 1. The molecule has 1 aromatic rings. The molecule has 1 aromatic carbocycles. The van der Waals surface area contributed by atoms with Gasteiger partial charge in [-0.2, -0.15) is 24.4 Å². The molecule has 10 nitrogen and oxygen atoms in total. The molecule has 0 aliphatic carbocycles. The van der Waals surface area contributed by atoms with Gasteiger partial charge in [0.25, 0.3) is 0 Å². The first-order valence-electron chi connectivity index (χ1n) is 11.3. The van der Waals surface area contributed by atoms with Gasteiger partial charge >= 0.3 is 5.97 Å². The largest absolute Gasteiger partial charge is 0.508 e. The maximum absolute atomic E-state index is 13.2. The first-order chi connectivity index (χ1) is 16.5. The zero-order valence-electron chi connectivity index (χ0n) is 20.2. The number of nitrogens with one attached hydrogen (secondary N) is 3. The number of phenols is 1. The number of amides is 3. The lowest BCUT2D eigenvalue weighted by Gasteiger charge is -2.28. The van der Waals surface area contributed by atoms with Gasteiger partial charge in [-0.15, -0.1) is 0 Å². The first-order valence-corrected chi connectivity index (χ1v) is 13.3. The molecule has 0 saturated carbocycles. The molecule has 3 amide bonds. The van der Waals surface area contributed by atoms with Gasteiger partial charge in [0.1, 0.15) is 23.9 Å². The Balaban J connectivity index is 3.11. The van der Waals surface area contributed by atoms with Gasteiger partial charge in [0.15, 0.2) is 0 Å². The minimum Gasteiger partial charge on any atom is -0.508 e. The summed E-state index contributed by atoms with van der Waals surface area (Å²) in [7, 11) is 0. The summed E-state index contributed by atoms with van der Waals surface area (Å²) in [6.45, 7) is 3.67. The fourth-order valence-electron chi connectivity index (χ4n) is 3.13. The zero-order chi connectivity index (χ0) is 26.5. The molecule has 0 fully saturated rings. The lowest BCUT2D eigenvalue weighted by Crippen LogP contribution is -2.59. The van der Waals surface area contributed by atoms with Crippen LogP contribution < -0.4 is 21.7 Å². The van der Waals surface area contributed by atoms with E-state index in [0.717, 1.165) is 0 Å². The van der Waals surface area contributed by atoms with Crippen LogP contribution in [0.3, 0.4) is 0 Å². The minimum absolute atomic E-state index is 0.0329. The van der Waals surface area contributed by atoms with Gasteiger partial charge in [0.05, 0.1) is 6.04 Å². The van der Waals surface area contributed by atoms with Gasteiger partial charge in [0, 0.05) is 12.2 Å². The standard InChI is InChI=1S/C23H36N4O6S2/c1-4-13(2)19(27-20(29)16(24)9-10-35-3)22(31)25-17(11-14-5-7-15(28)8-6-14)21(30)26-18(12-34)23(32)33/h5-8,13,16-19,28,34H,4,9-12,24H2,1-3H3,(H,25,31)(H,26,30)(H,27,29)(H,32,33). The lowest BCUT2D eigenvalue weighted by molar-refractivity contribution is -0.141. The molecule has 12 heteroatoms.